The molecule has 1 saturated heterocycles. The Bertz CT molecular complexity index is 539. The lowest BCUT2D eigenvalue weighted by molar-refractivity contribution is -0.122. The first kappa shape index (κ1) is 24.1. The number of likely N-dealkylation sites (tertiary alicyclic amines) is 1. The number of carbonyl (C=O) groups excluding carboxylic acids is 1. The van der Waals surface area contributed by atoms with Crippen LogP contribution >= 0.6 is 24.8 Å². The van der Waals surface area contributed by atoms with Crippen LogP contribution in [0.15, 0.2) is 18.2 Å². The molecule has 25 heavy (non-hydrogen) atoms. The Morgan fingerprint density at radius 2 is 1.92 bits per heavy atom. The number of halogens is 4. The number of benzene rings is 1. The Labute approximate surface area is 160 Å². The predicted octanol–water partition coefficient (Wildman–Crippen LogP) is 3.02. The van der Waals surface area contributed by atoms with Crippen LogP contribution in [0.1, 0.15) is 38.2 Å². The summed E-state index contributed by atoms with van der Waals surface area (Å²) in [4.78, 5) is 14.0. The SMILES string of the molecule is CC(N)CCC(=O)NC1CCN(Cc2ccc(F)c(F)c2)CC1.Cl.Cl. The first-order valence-electron chi connectivity index (χ1n) is 8.15. The number of hydrogen-bond donors (Lipinski definition) is 2. The van der Waals surface area contributed by atoms with Gasteiger partial charge in [-0.3, -0.25) is 9.69 Å². The van der Waals surface area contributed by atoms with Crippen molar-refractivity contribution in [2.45, 2.75) is 51.2 Å². The van der Waals surface area contributed by atoms with E-state index in [-0.39, 0.29) is 42.8 Å². The van der Waals surface area contributed by atoms with Crippen LogP contribution in [0.2, 0.25) is 0 Å². The molecule has 3 N–H and O–H groups in total. The van der Waals surface area contributed by atoms with Gasteiger partial charge in [-0.2, -0.15) is 0 Å². The van der Waals surface area contributed by atoms with Gasteiger partial charge in [-0.15, -0.1) is 24.8 Å². The molecule has 4 nitrogen and oxygen atoms in total. The zero-order valence-electron chi connectivity index (χ0n) is 14.3. The molecule has 0 aromatic heterocycles. The molecule has 1 fully saturated rings. The van der Waals surface area contributed by atoms with E-state index in [0.29, 0.717) is 19.4 Å². The Balaban J connectivity index is 0.00000288. The highest BCUT2D eigenvalue weighted by Gasteiger charge is 2.21. The summed E-state index contributed by atoms with van der Waals surface area (Å²) in [7, 11) is 0. The van der Waals surface area contributed by atoms with Crippen LogP contribution in [0, 0.1) is 11.6 Å². The van der Waals surface area contributed by atoms with Gasteiger partial charge < -0.3 is 11.1 Å². The molecule has 0 aliphatic carbocycles. The molecule has 1 aromatic rings. The van der Waals surface area contributed by atoms with Crippen molar-refractivity contribution in [2.75, 3.05) is 13.1 Å². The highest BCUT2D eigenvalue weighted by molar-refractivity contribution is 5.85. The van der Waals surface area contributed by atoms with Crippen LogP contribution < -0.4 is 11.1 Å². The second-order valence-corrected chi connectivity index (χ2v) is 6.38. The second kappa shape index (κ2) is 11.6. The van der Waals surface area contributed by atoms with Gasteiger partial charge in [0.15, 0.2) is 11.6 Å². The number of nitrogens with one attached hydrogen (secondary N) is 1. The van der Waals surface area contributed by atoms with E-state index >= 15 is 0 Å². The molecule has 1 aromatic carbocycles. The molecule has 1 unspecified atom stereocenters. The molecular formula is C17H27Cl2F2N3O. The summed E-state index contributed by atoms with van der Waals surface area (Å²) < 4.78 is 26.1. The summed E-state index contributed by atoms with van der Waals surface area (Å²) >= 11 is 0. The number of amides is 1. The maximum Gasteiger partial charge on any atom is 0.220 e. The molecule has 0 spiro atoms. The van der Waals surface area contributed by atoms with E-state index in [4.69, 9.17) is 5.73 Å². The van der Waals surface area contributed by atoms with Gasteiger partial charge in [0.25, 0.3) is 0 Å². The number of nitrogens with two attached hydrogens (primary N) is 1. The van der Waals surface area contributed by atoms with E-state index in [9.17, 15) is 13.6 Å². The molecule has 2 rings (SSSR count). The second-order valence-electron chi connectivity index (χ2n) is 6.38. The fourth-order valence-electron chi connectivity index (χ4n) is 2.79. The van der Waals surface area contributed by atoms with Crippen molar-refractivity contribution >= 4 is 30.7 Å². The molecule has 1 atom stereocenters. The predicted molar refractivity (Wildman–Crippen MR) is 100 cm³/mol. The van der Waals surface area contributed by atoms with Crippen LogP contribution in [0.25, 0.3) is 0 Å². The minimum Gasteiger partial charge on any atom is -0.353 e. The van der Waals surface area contributed by atoms with Crippen LogP contribution in [0.4, 0.5) is 8.78 Å². The standard InChI is InChI=1S/C17H25F2N3O.2ClH/c1-12(20)2-5-17(23)21-14-6-8-22(9-7-14)11-13-3-4-15(18)16(19)10-13;;/h3-4,10,12,14H,2,5-9,11,20H2,1H3,(H,21,23);2*1H. The van der Waals surface area contributed by atoms with Crippen molar-refractivity contribution in [2.24, 2.45) is 5.73 Å². The molecule has 1 heterocycles. The van der Waals surface area contributed by atoms with Crippen molar-refractivity contribution in [3.63, 3.8) is 0 Å². The Kier molecular flexibility index (Phi) is 11.2. The smallest absolute Gasteiger partial charge is 0.220 e. The molecule has 1 aliphatic rings. The number of carbonyl (C=O) groups is 1. The topological polar surface area (TPSA) is 58.4 Å². The summed E-state index contributed by atoms with van der Waals surface area (Å²) in [6, 6.07) is 4.25. The summed E-state index contributed by atoms with van der Waals surface area (Å²) in [5.74, 6) is -1.57. The third-order valence-electron chi connectivity index (χ3n) is 4.17. The molecule has 0 radical (unpaired) electrons. The van der Waals surface area contributed by atoms with Crippen molar-refractivity contribution in [3.05, 3.63) is 35.4 Å². The highest BCUT2D eigenvalue weighted by atomic mass is 35.5. The molecular weight excluding hydrogens is 371 g/mol. The van der Waals surface area contributed by atoms with Crippen molar-refractivity contribution in [1.29, 1.82) is 0 Å². The summed E-state index contributed by atoms with van der Waals surface area (Å²) in [6.45, 7) is 4.15. The van der Waals surface area contributed by atoms with Crippen LogP contribution in [-0.2, 0) is 11.3 Å². The van der Waals surface area contributed by atoms with Gasteiger partial charge >= 0.3 is 0 Å². The minimum atomic E-state index is -0.818. The van der Waals surface area contributed by atoms with E-state index < -0.39 is 11.6 Å². The van der Waals surface area contributed by atoms with Gasteiger partial charge in [0, 0.05) is 38.1 Å². The Hall–Kier alpha value is -0.950. The van der Waals surface area contributed by atoms with Crippen molar-refractivity contribution in [3.8, 4) is 0 Å². The zero-order valence-corrected chi connectivity index (χ0v) is 16.0. The van der Waals surface area contributed by atoms with Crippen LogP contribution in [0.3, 0.4) is 0 Å². The van der Waals surface area contributed by atoms with E-state index in [1.807, 2.05) is 6.92 Å². The number of hydrogen-bond acceptors (Lipinski definition) is 3. The van der Waals surface area contributed by atoms with Crippen LogP contribution in [-0.4, -0.2) is 36.0 Å². The maximum atomic E-state index is 13.2. The number of nitrogens with zero attached hydrogens (tertiary/aromatic N) is 1. The van der Waals surface area contributed by atoms with E-state index in [0.717, 1.165) is 37.6 Å². The molecule has 1 aliphatic heterocycles. The summed E-state index contributed by atoms with van der Waals surface area (Å²) in [5, 5.41) is 3.04. The van der Waals surface area contributed by atoms with E-state index in [1.54, 1.807) is 6.07 Å². The first-order chi connectivity index (χ1) is 10.9. The third kappa shape index (κ3) is 8.31. The lowest BCUT2D eigenvalue weighted by Gasteiger charge is -2.32. The summed E-state index contributed by atoms with van der Waals surface area (Å²) in [6.07, 6.45) is 2.90. The van der Waals surface area contributed by atoms with Gasteiger partial charge in [0.1, 0.15) is 0 Å². The lowest BCUT2D eigenvalue weighted by atomic mass is 10.0. The van der Waals surface area contributed by atoms with Gasteiger partial charge in [0.2, 0.25) is 5.91 Å². The van der Waals surface area contributed by atoms with Gasteiger partial charge in [-0.1, -0.05) is 6.07 Å². The zero-order chi connectivity index (χ0) is 16.8. The van der Waals surface area contributed by atoms with Crippen molar-refractivity contribution < 1.29 is 13.6 Å². The molecule has 144 valence electrons. The van der Waals surface area contributed by atoms with E-state index in [2.05, 4.69) is 10.2 Å². The highest BCUT2D eigenvalue weighted by Crippen LogP contribution is 2.16. The molecule has 1 amide bonds. The molecule has 0 saturated carbocycles. The number of piperidine rings is 1. The monoisotopic (exact) mass is 397 g/mol. The maximum absolute atomic E-state index is 13.2. The Morgan fingerprint density at radius 3 is 2.48 bits per heavy atom. The lowest BCUT2D eigenvalue weighted by Crippen LogP contribution is -2.44. The quantitative estimate of drug-likeness (QED) is 0.775. The summed E-state index contributed by atoms with van der Waals surface area (Å²) in [5.41, 5.74) is 6.42. The third-order valence-corrected chi connectivity index (χ3v) is 4.17. The minimum absolute atomic E-state index is 0. The van der Waals surface area contributed by atoms with Gasteiger partial charge in [-0.25, -0.2) is 8.78 Å². The fourth-order valence-corrected chi connectivity index (χ4v) is 2.79. The van der Waals surface area contributed by atoms with Crippen molar-refractivity contribution in [1.82, 2.24) is 10.2 Å². The van der Waals surface area contributed by atoms with E-state index in [1.165, 1.54) is 6.07 Å². The average molecular weight is 398 g/mol. The average Bonchev–Trinajstić information content (AvgIpc) is 2.51. The number of rotatable bonds is 6. The normalized spacial score (nSPS) is 16.5. The van der Waals surface area contributed by atoms with Gasteiger partial charge in [0.05, 0.1) is 0 Å². The largest absolute Gasteiger partial charge is 0.353 e. The Morgan fingerprint density at radius 1 is 1.28 bits per heavy atom. The van der Waals surface area contributed by atoms with Gasteiger partial charge in [-0.05, 0) is 43.9 Å². The fraction of sp³-hybridized carbons (Fsp3) is 0.588. The molecule has 0 bridgehead atoms. The molecule has 8 heteroatoms. The van der Waals surface area contributed by atoms with Crippen LogP contribution in [0.5, 0.6) is 0 Å². The first-order valence-corrected chi connectivity index (χ1v) is 8.15.